The summed E-state index contributed by atoms with van der Waals surface area (Å²) in [5.74, 6) is 0. The molecule has 0 spiro atoms. The molecule has 0 aromatic carbocycles. The van der Waals surface area contributed by atoms with Gasteiger partial charge in [0.25, 0.3) is 0 Å². The van der Waals surface area contributed by atoms with E-state index in [1.165, 1.54) is 97.1 Å². The Bertz CT molecular complexity index is 1080. The maximum atomic E-state index is 2.83. The molecule has 5 fully saturated rings. The van der Waals surface area contributed by atoms with Gasteiger partial charge in [-0.05, 0) is 156 Å². The molecule has 6 nitrogen and oxygen atoms in total. The van der Waals surface area contributed by atoms with Gasteiger partial charge >= 0.3 is 0 Å². The van der Waals surface area contributed by atoms with Gasteiger partial charge in [0, 0.05) is 109 Å². The summed E-state index contributed by atoms with van der Waals surface area (Å²) in [4.78, 5) is 16.5. The molecule has 0 radical (unpaired) electrons. The second kappa shape index (κ2) is 21.3. The Balaban J connectivity index is 0.000000783. The zero-order chi connectivity index (χ0) is 39.0. The van der Waals surface area contributed by atoms with E-state index in [1.807, 2.05) is 0 Å². The number of nitrogens with zero attached hydrogens (tertiary/aromatic N) is 6. The third-order valence-electron chi connectivity index (χ3n) is 13.3. The van der Waals surface area contributed by atoms with Crippen molar-refractivity contribution in [3.63, 3.8) is 0 Å². The predicted molar refractivity (Wildman–Crippen MR) is 254 cm³/mol. The lowest BCUT2D eigenvalue weighted by Crippen LogP contribution is -2.68. The molecule has 0 aromatic rings. The van der Waals surface area contributed by atoms with Crippen LogP contribution in [0, 0.1) is 0 Å². The largest absolute Gasteiger partial charge is 0.298 e. The fourth-order valence-corrected chi connectivity index (χ4v) is 11.2. The topological polar surface area (TPSA) is 19.4 Å². The first-order valence-electron chi connectivity index (χ1n) is 22.0. The molecule has 6 rings (SSSR count). The summed E-state index contributed by atoms with van der Waals surface area (Å²) in [6.07, 6.45) is 17.1. The van der Waals surface area contributed by atoms with Crippen molar-refractivity contribution in [2.75, 3.05) is 39.3 Å². The first kappa shape index (κ1) is 55.5. The van der Waals surface area contributed by atoms with Gasteiger partial charge < -0.3 is 0 Å². The van der Waals surface area contributed by atoms with Crippen molar-refractivity contribution in [3.8, 4) is 0 Å². The minimum atomic E-state index is 0. The van der Waals surface area contributed by atoms with Crippen molar-refractivity contribution in [2.24, 2.45) is 0 Å². The van der Waals surface area contributed by atoms with Crippen LogP contribution >= 0.6 is 0 Å². The van der Waals surface area contributed by atoms with Crippen molar-refractivity contribution in [3.05, 3.63) is 12.2 Å². The highest BCUT2D eigenvalue weighted by atomic mass is 15.4. The fraction of sp³-hybridized carbons (Fsp3) is 0.960. The van der Waals surface area contributed by atoms with Crippen molar-refractivity contribution in [1.82, 2.24) is 29.4 Å². The number of fused-ring (bicyclic) bond motifs is 6. The standard InChI is InChI=1S/C16H30N2.2C15H30N2.4CH4/c1-15(2,3)17-11-13-9-7-8-10-14(12-17)18(13)16(4,5)6;1-14(2,3)16-10-12-8-7-9-13(11-16)17(12)15(4,5)6;1-12(2)16-10-13-8-6-7-9-14(11-16)17(13)15(3,4)5;;;;/h7-8,13-14H,9-12H2,1-6H3;12-13H,7-11H2,1-6H3;12-14H,6-11H2,1-5H3;4*1H4. The fourth-order valence-electron chi connectivity index (χ4n) is 11.2. The number of piperidine rings is 1. The molecular formula is C50H106N6. The van der Waals surface area contributed by atoms with Gasteiger partial charge in [-0.2, -0.15) is 0 Å². The molecular weight excluding hydrogens is 685 g/mol. The lowest BCUT2D eigenvalue weighted by atomic mass is 9.84. The average molecular weight is 791 g/mol. The Labute approximate surface area is 354 Å². The van der Waals surface area contributed by atoms with Crippen LogP contribution in [0.1, 0.15) is 205 Å². The minimum absolute atomic E-state index is 0. The highest BCUT2D eigenvalue weighted by Crippen LogP contribution is 2.38. The second-order valence-electron chi connectivity index (χ2n) is 23.0. The molecule has 6 aliphatic rings. The Morgan fingerprint density at radius 2 is 0.643 bits per heavy atom. The number of hydrogen-bond acceptors (Lipinski definition) is 6. The van der Waals surface area contributed by atoms with E-state index < -0.39 is 0 Å². The molecule has 6 bridgehead atoms. The van der Waals surface area contributed by atoms with Gasteiger partial charge in [-0.1, -0.05) is 61.1 Å². The van der Waals surface area contributed by atoms with Gasteiger partial charge in [-0.3, -0.25) is 29.4 Å². The van der Waals surface area contributed by atoms with Gasteiger partial charge in [0.15, 0.2) is 0 Å². The highest BCUT2D eigenvalue weighted by Gasteiger charge is 2.45. The van der Waals surface area contributed by atoms with E-state index in [4.69, 9.17) is 0 Å². The molecule has 0 aliphatic carbocycles. The molecule has 0 amide bonds. The zero-order valence-corrected chi connectivity index (χ0v) is 38.0. The number of likely N-dealkylation sites (tertiary alicyclic amines) is 1. The van der Waals surface area contributed by atoms with Crippen LogP contribution in [0.4, 0.5) is 0 Å². The molecule has 6 aliphatic heterocycles. The van der Waals surface area contributed by atoms with Crippen molar-refractivity contribution in [2.45, 2.75) is 275 Å². The molecule has 6 atom stereocenters. The van der Waals surface area contributed by atoms with Crippen LogP contribution in [0.2, 0.25) is 0 Å². The second-order valence-corrected chi connectivity index (χ2v) is 23.0. The van der Waals surface area contributed by atoms with Crippen LogP contribution in [0.25, 0.3) is 0 Å². The molecule has 0 saturated carbocycles. The average Bonchev–Trinajstić information content (AvgIpc) is 3.21. The maximum absolute atomic E-state index is 2.83. The highest BCUT2D eigenvalue weighted by molar-refractivity contribution is 5.06. The summed E-state index contributed by atoms with van der Waals surface area (Å²) < 4.78 is 0. The monoisotopic (exact) mass is 791 g/mol. The number of piperazine rings is 3. The Hall–Kier alpha value is -0.500. The normalized spacial score (nSPS) is 30.0. The van der Waals surface area contributed by atoms with Crippen molar-refractivity contribution >= 4 is 0 Å². The minimum Gasteiger partial charge on any atom is -0.298 e. The van der Waals surface area contributed by atoms with Crippen molar-refractivity contribution < 1.29 is 0 Å². The van der Waals surface area contributed by atoms with Crippen LogP contribution in [0.15, 0.2) is 12.2 Å². The summed E-state index contributed by atoms with van der Waals surface area (Å²) in [6.45, 7) is 47.7. The molecule has 56 heavy (non-hydrogen) atoms. The van der Waals surface area contributed by atoms with Crippen LogP contribution in [-0.4, -0.2) is 139 Å². The Kier molecular flexibility index (Phi) is 21.1. The number of hydrogen-bond donors (Lipinski definition) is 0. The smallest absolute Gasteiger partial charge is 0.0266 e. The lowest BCUT2D eigenvalue weighted by molar-refractivity contribution is -0.0846. The van der Waals surface area contributed by atoms with E-state index >= 15 is 0 Å². The van der Waals surface area contributed by atoms with Crippen LogP contribution in [0.3, 0.4) is 0 Å². The van der Waals surface area contributed by atoms with E-state index in [9.17, 15) is 0 Å². The summed E-state index contributed by atoms with van der Waals surface area (Å²) in [7, 11) is 0. The quantitative estimate of drug-likeness (QED) is 0.245. The van der Waals surface area contributed by atoms with E-state index in [2.05, 4.69) is 159 Å². The predicted octanol–water partition coefficient (Wildman–Crippen LogP) is 12.1. The van der Waals surface area contributed by atoms with Gasteiger partial charge in [0.2, 0.25) is 0 Å². The zero-order valence-electron chi connectivity index (χ0n) is 38.0. The summed E-state index contributed by atoms with van der Waals surface area (Å²) in [5, 5.41) is 0. The van der Waals surface area contributed by atoms with Gasteiger partial charge in [0.1, 0.15) is 0 Å². The van der Waals surface area contributed by atoms with Gasteiger partial charge in [-0.15, -0.1) is 0 Å². The van der Waals surface area contributed by atoms with Crippen LogP contribution in [0.5, 0.6) is 0 Å². The van der Waals surface area contributed by atoms with Crippen molar-refractivity contribution in [1.29, 1.82) is 0 Å². The summed E-state index contributed by atoms with van der Waals surface area (Å²) in [6, 6.07) is 5.21. The molecule has 336 valence electrons. The van der Waals surface area contributed by atoms with Crippen LogP contribution < -0.4 is 0 Å². The lowest BCUT2D eigenvalue weighted by Gasteiger charge is -2.58. The van der Waals surface area contributed by atoms with E-state index in [0.29, 0.717) is 40.3 Å². The molecule has 6 heteroatoms. The van der Waals surface area contributed by atoms with Gasteiger partial charge in [0.05, 0.1) is 0 Å². The first-order chi connectivity index (χ1) is 23.8. The Morgan fingerprint density at radius 3 is 0.929 bits per heavy atom. The molecule has 0 N–H and O–H groups in total. The SMILES string of the molecule is C.C.C.C.CC(C)(C)N1CC2CC=CCC(C1)N2C(C)(C)C.CC(C)(C)N1CC2CCCC(C1)N2C(C)(C)C.CC(C)N1CC2CCCCC(C1)N2C(C)(C)C. The molecule has 6 unspecified atom stereocenters. The van der Waals surface area contributed by atoms with Gasteiger partial charge in [-0.25, -0.2) is 0 Å². The van der Waals surface area contributed by atoms with Crippen LogP contribution in [-0.2, 0) is 0 Å². The maximum Gasteiger partial charge on any atom is 0.0266 e. The third-order valence-corrected chi connectivity index (χ3v) is 13.3. The molecule has 6 heterocycles. The third kappa shape index (κ3) is 14.3. The van der Waals surface area contributed by atoms with E-state index in [1.54, 1.807) is 0 Å². The summed E-state index contributed by atoms with van der Waals surface area (Å²) >= 11 is 0. The molecule has 5 saturated heterocycles. The Morgan fingerprint density at radius 1 is 0.375 bits per heavy atom. The summed E-state index contributed by atoms with van der Waals surface area (Å²) in [5.41, 5.74) is 1.58. The number of rotatable bonds is 1. The van der Waals surface area contributed by atoms with E-state index in [0.717, 1.165) is 24.2 Å². The van der Waals surface area contributed by atoms with E-state index in [-0.39, 0.29) is 35.2 Å². The first-order valence-corrected chi connectivity index (χ1v) is 22.0. The molecule has 0 aromatic heterocycles.